The summed E-state index contributed by atoms with van der Waals surface area (Å²) < 4.78 is 0.650. The van der Waals surface area contributed by atoms with Gasteiger partial charge in [0.2, 0.25) is 11.8 Å². The molecule has 0 aliphatic carbocycles. The highest BCUT2D eigenvalue weighted by Gasteiger charge is 2.29. The van der Waals surface area contributed by atoms with E-state index < -0.39 is 5.97 Å². The van der Waals surface area contributed by atoms with Crippen molar-refractivity contribution in [1.82, 2.24) is 4.73 Å². The molecule has 1 aliphatic heterocycles. The smallest absolute Gasteiger partial charge is 0.333 e. The molecule has 27 heavy (non-hydrogen) atoms. The Morgan fingerprint density at radius 2 is 1.67 bits per heavy atom. The third-order valence-electron chi connectivity index (χ3n) is 4.13. The molecule has 0 bridgehead atoms. The molecule has 0 saturated carbocycles. The molecule has 0 fully saturated rings. The number of imide groups is 1. The molecule has 2 amide bonds. The molecule has 0 spiro atoms. The van der Waals surface area contributed by atoms with Crippen LogP contribution in [-0.4, -0.2) is 32.7 Å². The highest BCUT2D eigenvalue weighted by molar-refractivity contribution is 6.30. The zero-order valence-corrected chi connectivity index (χ0v) is 14.6. The van der Waals surface area contributed by atoms with E-state index in [9.17, 15) is 24.6 Å². The summed E-state index contributed by atoms with van der Waals surface area (Å²) in [5.41, 5.74) is 1.84. The molecule has 0 unspecified atom stereocenters. The molecule has 1 aromatic heterocycles. The first-order valence-corrected chi connectivity index (χ1v) is 8.33. The van der Waals surface area contributed by atoms with Gasteiger partial charge >= 0.3 is 5.97 Å². The number of nitrogens with zero attached hydrogens (tertiary/aromatic N) is 2. The largest absolute Gasteiger partial charge is 0.492 e. The maximum Gasteiger partial charge on any atom is 0.333 e. The quantitative estimate of drug-likeness (QED) is 0.749. The van der Waals surface area contributed by atoms with Crippen LogP contribution in [0.2, 0.25) is 0 Å². The fourth-order valence-electron chi connectivity index (χ4n) is 2.72. The second-order valence-corrected chi connectivity index (χ2v) is 6.13. The van der Waals surface area contributed by atoms with Gasteiger partial charge in [-0.3, -0.25) is 9.59 Å². The third-order valence-corrected chi connectivity index (χ3v) is 4.13. The summed E-state index contributed by atoms with van der Waals surface area (Å²) in [6, 6.07) is 9.36. The molecule has 140 valence electrons. The Hall–Kier alpha value is -3.55. The second kappa shape index (κ2) is 7.36. The van der Waals surface area contributed by atoms with Gasteiger partial charge in [0, 0.05) is 30.2 Å². The van der Waals surface area contributed by atoms with Gasteiger partial charge in [-0.15, -0.1) is 4.73 Å². The minimum absolute atomic E-state index is 0.0883. The van der Waals surface area contributed by atoms with Crippen LogP contribution in [0.3, 0.4) is 0 Å². The fourth-order valence-corrected chi connectivity index (χ4v) is 2.72. The number of benzene rings is 1. The Kier molecular flexibility index (Phi) is 4.98. The lowest BCUT2D eigenvalue weighted by Crippen LogP contribution is -2.30. The van der Waals surface area contributed by atoms with E-state index in [2.05, 4.69) is 0 Å². The molecular weight excluding hydrogens is 352 g/mol. The number of hydrogen-bond donors (Lipinski definition) is 2. The van der Waals surface area contributed by atoms with Crippen molar-refractivity contribution < 1.29 is 29.4 Å². The molecule has 0 atom stereocenters. The lowest BCUT2D eigenvalue weighted by Gasteiger charge is -2.14. The van der Waals surface area contributed by atoms with Crippen LogP contribution in [-0.2, 0) is 20.8 Å². The van der Waals surface area contributed by atoms with Gasteiger partial charge in [-0.2, -0.15) is 0 Å². The Labute approximate surface area is 154 Å². The lowest BCUT2D eigenvalue weighted by molar-refractivity contribution is -0.145. The maximum absolute atomic E-state index is 12.0. The molecule has 2 aromatic rings. The van der Waals surface area contributed by atoms with E-state index in [0.717, 1.165) is 10.5 Å². The van der Waals surface area contributed by atoms with Crippen LogP contribution in [0.1, 0.15) is 25.3 Å². The molecule has 0 saturated heterocycles. The van der Waals surface area contributed by atoms with Crippen molar-refractivity contribution in [2.45, 2.75) is 26.2 Å². The summed E-state index contributed by atoms with van der Waals surface area (Å²) in [7, 11) is 0. The number of carbonyl (C=O) groups is 3. The average molecular weight is 370 g/mol. The Morgan fingerprint density at radius 1 is 1.04 bits per heavy atom. The molecule has 0 radical (unpaired) electrons. The average Bonchev–Trinajstić information content (AvgIpc) is 3.08. The Morgan fingerprint density at radius 3 is 2.22 bits per heavy atom. The summed E-state index contributed by atoms with van der Waals surface area (Å²) >= 11 is 0. The number of aryl methyl sites for hydroxylation is 1. The zero-order valence-electron chi connectivity index (χ0n) is 14.6. The van der Waals surface area contributed by atoms with Gasteiger partial charge in [0.15, 0.2) is 0 Å². The standard InChI is InChI=1S/C19H18N2O6/c1-12-11-17(24)20(19(12)26)14-7-5-13(6-8-14)3-2-4-18(25)27-21-15(22)9-10-16(21)23/h5-11,22-23H,2-4H2,1H3. The van der Waals surface area contributed by atoms with Crippen molar-refractivity contribution >= 4 is 23.5 Å². The number of anilines is 1. The molecular formula is C19H18N2O6. The van der Waals surface area contributed by atoms with Gasteiger partial charge in [0.1, 0.15) is 0 Å². The van der Waals surface area contributed by atoms with Crippen molar-refractivity contribution in [3.05, 3.63) is 53.6 Å². The molecule has 1 aliphatic rings. The van der Waals surface area contributed by atoms with Gasteiger partial charge in [0.25, 0.3) is 11.8 Å². The van der Waals surface area contributed by atoms with Gasteiger partial charge < -0.3 is 15.1 Å². The van der Waals surface area contributed by atoms with Crippen LogP contribution in [0.15, 0.2) is 48.0 Å². The van der Waals surface area contributed by atoms with Crippen LogP contribution >= 0.6 is 0 Å². The number of amides is 2. The van der Waals surface area contributed by atoms with E-state index in [-0.39, 0.29) is 30.0 Å². The molecule has 8 heteroatoms. The summed E-state index contributed by atoms with van der Waals surface area (Å²) in [5, 5.41) is 18.8. The van der Waals surface area contributed by atoms with E-state index in [1.165, 1.54) is 18.2 Å². The highest BCUT2D eigenvalue weighted by Crippen LogP contribution is 2.23. The van der Waals surface area contributed by atoms with Crippen molar-refractivity contribution in [3.63, 3.8) is 0 Å². The third kappa shape index (κ3) is 3.84. The van der Waals surface area contributed by atoms with Crippen LogP contribution in [0.5, 0.6) is 11.8 Å². The van der Waals surface area contributed by atoms with E-state index >= 15 is 0 Å². The van der Waals surface area contributed by atoms with Crippen molar-refractivity contribution in [3.8, 4) is 11.8 Å². The van der Waals surface area contributed by atoms with Crippen LogP contribution < -0.4 is 9.74 Å². The van der Waals surface area contributed by atoms with E-state index in [0.29, 0.717) is 28.8 Å². The summed E-state index contributed by atoms with van der Waals surface area (Å²) in [5.74, 6) is -2.01. The molecule has 2 heterocycles. The first-order chi connectivity index (χ1) is 12.9. The SMILES string of the molecule is CC1=CC(=O)N(c2ccc(CCCC(=O)On3c(O)ccc3O)cc2)C1=O. The maximum atomic E-state index is 12.0. The predicted molar refractivity (Wildman–Crippen MR) is 95.0 cm³/mol. The zero-order chi connectivity index (χ0) is 19.6. The van der Waals surface area contributed by atoms with E-state index in [1.54, 1.807) is 31.2 Å². The van der Waals surface area contributed by atoms with Crippen LogP contribution in [0.4, 0.5) is 5.69 Å². The minimum Gasteiger partial charge on any atom is -0.492 e. The summed E-state index contributed by atoms with van der Waals surface area (Å²) in [4.78, 5) is 41.6. The normalized spacial score (nSPS) is 13.8. The number of carbonyl (C=O) groups excluding carboxylic acids is 3. The summed E-state index contributed by atoms with van der Waals surface area (Å²) in [6.07, 6.45) is 2.47. The van der Waals surface area contributed by atoms with Crippen LogP contribution in [0, 0.1) is 0 Å². The number of aromatic hydroxyl groups is 2. The monoisotopic (exact) mass is 370 g/mol. The van der Waals surface area contributed by atoms with Crippen molar-refractivity contribution in [2.24, 2.45) is 0 Å². The van der Waals surface area contributed by atoms with E-state index in [1.807, 2.05) is 0 Å². The first kappa shape index (κ1) is 18.2. The molecule has 3 rings (SSSR count). The molecule has 2 N–H and O–H groups in total. The first-order valence-electron chi connectivity index (χ1n) is 8.33. The fraction of sp³-hybridized carbons (Fsp3) is 0.211. The minimum atomic E-state index is -0.594. The van der Waals surface area contributed by atoms with Gasteiger partial charge in [-0.05, 0) is 37.5 Å². The Bertz CT molecular complexity index is 907. The summed E-state index contributed by atoms with van der Waals surface area (Å²) in [6.45, 7) is 1.60. The highest BCUT2D eigenvalue weighted by atomic mass is 16.7. The number of rotatable bonds is 6. The van der Waals surface area contributed by atoms with Crippen LogP contribution in [0.25, 0.3) is 0 Å². The number of aromatic nitrogens is 1. The van der Waals surface area contributed by atoms with Gasteiger partial charge in [-0.25, -0.2) is 9.69 Å². The van der Waals surface area contributed by atoms with Crippen molar-refractivity contribution in [1.29, 1.82) is 0 Å². The topological polar surface area (TPSA) is 109 Å². The van der Waals surface area contributed by atoms with E-state index in [4.69, 9.17) is 4.84 Å². The number of hydrogen-bond acceptors (Lipinski definition) is 6. The molecule has 1 aromatic carbocycles. The van der Waals surface area contributed by atoms with Crippen molar-refractivity contribution in [2.75, 3.05) is 4.90 Å². The Balaban J connectivity index is 1.51. The van der Waals surface area contributed by atoms with Gasteiger partial charge in [0.05, 0.1) is 5.69 Å². The van der Waals surface area contributed by atoms with Gasteiger partial charge in [-0.1, -0.05) is 12.1 Å². The molecule has 8 nitrogen and oxygen atoms in total. The lowest BCUT2D eigenvalue weighted by atomic mass is 10.1. The predicted octanol–water partition coefficient (Wildman–Crippen LogP) is 1.70. The second-order valence-electron chi connectivity index (χ2n) is 6.13.